The van der Waals surface area contributed by atoms with Crippen LogP contribution in [0, 0.1) is 0 Å². The Bertz CT molecular complexity index is 1370. The summed E-state index contributed by atoms with van der Waals surface area (Å²) in [5.74, 6) is -1.12. The molecule has 2 aromatic rings. The van der Waals surface area contributed by atoms with Crippen LogP contribution in [-0.2, 0) is 9.59 Å². The van der Waals surface area contributed by atoms with Crippen molar-refractivity contribution in [1.82, 2.24) is 10.6 Å². The second-order valence-electron chi connectivity index (χ2n) is 12.2. The Morgan fingerprint density at radius 1 is 0.905 bits per heavy atom. The molecule has 6 N–H and O–H groups in total. The first-order chi connectivity index (χ1) is 19.6. The number of nitrogens with zero attached hydrogens (tertiary/aromatic N) is 1. The van der Waals surface area contributed by atoms with Crippen molar-refractivity contribution in [3.05, 3.63) is 47.5 Å². The maximum atomic E-state index is 13.6. The summed E-state index contributed by atoms with van der Waals surface area (Å²) in [5.41, 5.74) is 1.24. The van der Waals surface area contributed by atoms with Crippen molar-refractivity contribution in [2.45, 2.75) is 91.1 Å². The van der Waals surface area contributed by atoms with Gasteiger partial charge in [-0.05, 0) is 78.4 Å². The van der Waals surface area contributed by atoms with Crippen molar-refractivity contribution in [2.75, 3.05) is 16.8 Å². The van der Waals surface area contributed by atoms with E-state index in [-0.39, 0.29) is 69.7 Å². The minimum Gasteiger partial charge on any atom is -0.508 e. The maximum absolute atomic E-state index is 13.6. The van der Waals surface area contributed by atoms with Crippen molar-refractivity contribution >= 4 is 34.8 Å². The molecule has 0 saturated heterocycles. The summed E-state index contributed by atoms with van der Waals surface area (Å²) in [5, 5.41) is 40.2. The van der Waals surface area contributed by atoms with E-state index in [0.29, 0.717) is 0 Å². The van der Waals surface area contributed by atoms with Gasteiger partial charge in [-0.25, -0.2) is 0 Å². The molecule has 0 bridgehead atoms. The average Bonchev–Trinajstić information content (AvgIpc) is 2.96. The van der Waals surface area contributed by atoms with Crippen LogP contribution in [0.3, 0.4) is 0 Å². The Hall–Kier alpha value is -4.21. The highest BCUT2D eigenvalue weighted by Gasteiger charge is 2.30. The van der Waals surface area contributed by atoms with Crippen molar-refractivity contribution in [3.8, 4) is 17.2 Å². The molecular weight excluding hydrogens is 536 g/mol. The lowest BCUT2D eigenvalue weighted by Crippen LogP contribution is -2.46. The fourth-order valence-electron chi connectivity index (χ4n) is 5.59. The molecule has 2 aromatic carbocycles. The van der Waals surface area contributed by atoms with Crippen molar-refractivity contribution in [2.24, 2.45) is 0 Å². The highest BCUT2D eigenvalue weighted by Crippen LogP contribution is 2.45. The van der Waals surface area contributed by atoms with Gasteiger partial charge < -0.3 is 36.2 Å². The number of hydrogen-bond acceptors (Lipinski definition) is 7. The van der Waals surface area contributed by atoms with Crippen LogP contribution < -0.4 is 20.9 Å². The van der Waals surface area contributed by atoms with Crippen LogP contribution in [0.25, 0.3) is 0 Å². The molecule has 228 valence electrons. The predicted molar refractivity (Wildman–Crippen MR) is 164 cm³/mol. The van der Waals surface area contributed by atoms with Gasteiger partial charge in [0.25, 0.3) is 5.91 Å². The lowest BCUT2D eigenvalue weighted by atomic mass is 9.85. The number of carbonyl (C=O) groups excluding carboxylic acids is 3. The summed E-state index contributed by atoms with van der Waals surface area (Å²) >= 11 is 0. The van der Waals surface area contributed by atoms with E-state index >= 15 is 0 Å². The second-order valence-corrected chi connectivity index (χ2v) is 12.2. The van der Waals surface area contributed by atoms with Gasteiger partial charge in [-0.1, -0.05) is 17.7 Å². The number of nitrogens with one attached hydrogen (secondary N) is 3. The maximum Gasteiger partial charge on any atom is 0.260 e. The van der Waals surface area contributed by atoms with Crippen LogP contribution >= 0.6 is 0 Å². The largest absolute Gasteiger partial charge is 0.508 e. The molecule has 42 heavy (non-hydrogen) atoms. The number of anilines is 3. The second kappa shape index (κ2) is 13.2. The van der Waals surface area contributed by atoms with Gasteiger partial charge in [-0.15, -0.1) is 0 Å². The molecular formula is C32H44N4O6. The van der Waals surface area contributed by atoms with Crippen molar-refractivity contribution in [3.63, 3.8) is 0 Å². The Morgan fingerprint density at radius 2 is 1.57 bits per heavy atom. The fraction of sp³-hybridized carbons (Fsp3) is 0.469. The Morgan fingerprint density at radius 3 is 2.24 bits per heavy atom. The summed E-state index contributed by atoms with van der Waals surface area (Å²) in [6.45, 7) is 11.2. The zero-order chi connectivity index (χ0) is 31.2. The van der Waals surface area contributed by atoms with E-state index in [1.807, 2.05) is 33.8 Å². The molecule has 0 aromatic heterocycles. The summed E-state index contributed by atoms with van der Waals surface area (Å²) in [7, 11) is 0. The zero-order valence-corrected chi connectivity index (χ0v) is 25.4. The van der Waals surface area contributed by atoms with Gasteiger partial charge in [0.2, 0.25) is 11.8 Å². The van der Waals surface area contributed by atoms with Gasteiger partial charge in [0.1, 0.15) is 22.9 Å². The standard InChI is InChI=1S/C32H44N4O6/c1-20(10-8-15-32(6,35-22(3)38)16-9-14-31(4,5)34-21(2)37)13-17-36-25-18-23(39)19-27(41)29(25)33-28-24(30(36)42)11-7-12-26(28)40/h7,11-13,18-19,33,39-41H,8-10,14-17H2,1-6H3,(H,34,37)(H,35,38). The highest BCUT2D eigenvalue weighted by molar-refractivity contribution is 6.15. The number of rotatable bonds is 12. The molecule has 10 heteroatoms. The summed E-state index contributed by atoms with van der Waals surface area (Å²) in [6, 6.07) is 7.20. The third-order valence-corrected chi connectivity index (χ3v) is 7.58. The molecule has 3 rings (SSSR count). The topological polar surface area (TPSA) is 151 Å². The lowest BCUT2D eigenvalue weighted by molar-refractivity contribution is -0.121. The molecule has 1 atom stereocenters. The number of benzene rings is 2. The fourth-order valence-corrected chi connectivity index (χ4v) is 5.59. The Balaban J connectivity index is 1.71. The van der Waals surface area contributed by atoms with E-state index in [2.05, 4.69) is 16.0 Å². The Labute approximate surface area is 247 Å². The molecule has 0 radical (unpaired) electrons. The van der Waals surface area contributed by atoms with E-state index in [9.17, 15) is 29.7 Å². The summed E-state index contributed by atoms with van der Waals surface area (Å²) in [6.07, 6.45) is 6.61. The monoisotopic (exact) mass is 580 g/mol. The number of phenols is 3. The van der Waals surface area contributed by atoms with Crippen LogP contribution in [0.4, 0.5) is 17.1 Å². The average molecular weight is 581 g/mol. The first-order valence-corrected chi connectivity index (χ1v) is 14.3. The molecule has 0 spiro atoms. The zero-order valence-electron chi connectivity index (χ0n) is 25.4. The molecule has 1 unspecified atom stereocenters. The molecule has 3 amide bonds. The molecule has 1 heterocycles. The smallest absolute Gasteiger partial charge is 0.260 e. The van der Waals surface area contributed by atoms with Gasteiger partial charge in [-0.3, -0.25) is 14.4 Å². The molecule has 1 aliphatic heterocycles. The number of para-hydroxylation sites is 1. The van der Waals surface area contributed by atoms with Gasteiger partial charge in [0.05, 0.1) is 16.9 Å². The third kappa shape index (κ3) is 8.41. The minimum absolute atomic E-state index is 0.0653. The van der Waals surface area contributed by atoms with Crippen LogP contribution in [0.2, 0.25) is 0 Å². The quantitative estimate of drug-likeness (QED) is 0.109. The normalized spacial score (nSPS) is 14.7. The number of aromatic hydroxyl groups is 3. The first-order valence-electron chi connectivity index (χ1n) is 14.3. The van der Waals surface area contributed by atoms with Crippen LogP contribution in [0.5, 0.6) is 17.2 Å². The van der Waals surface area contributed by atoms with Crippen molar-refractivity contribution < 1.29 is 29.7 Å². The van der Waals surface area contributed by atoms with E-state index < -0.39 is 5.54 Å². The van der Waals surface area contributed by atoms with E-state index in [4.69, 9.17) is 0 Å². The molecule has 10 nitrogen and oxygen atoms in total. The highest BCUT2D eigenvalue weighted by atomic mass is 16.3. The van der Waals surface area contributed by atoms with Gasteiger partial charge >= 0.3 is 0 Å². The Kier molecular flexibility index (Phi) is 10.1. The third-order valence-electron chi connectivity index (χ3n) is 7.58. The number of phenolic OH excluding ortho intramolecular Hbond substituents is 3. The molecule has 0 saturated carbocycles. The molecule has 0 fully saturated rings. The van der Waals surface area contributed by atoms with Gasteiger partial charge in [0, 0.05) is 43.6 Å². The predicted octanol–water partition coefficient (Wildman–Crippen LogP) is 5.60. The van der Waals surface area contributed by atoms with Gasteiger partial charge in [0.15, 0.2) is 0 Å². The number of allylic oxidation sites excluding steroid dienone is 1. The summed E-state index contributed by atoms with van der Waals surface area (Å²) in [4.78, 5) is 38.5. The number of amides is 3. The SMILES string of the molecule is CC(=O)NC(C)(C)CCCC(C)(CCCC(C)=CCN1C(=O)c2cccc(O)c2Nc2c(O)cc(O)cc21)NC(C)=O. The van der Waals surface area contributed by atoms with E-state index in [1.54, 1.807) is 12.1 Å². The molecule has 1 aliphatic rings. The summed E-state index contributed by atoms with van der Waals surface area (Å²) < 4.78 is 0. The van der Waals surface area contributed by atoms with Crippen LogP contribution in [-0.4, -0.2) is 50.7 Å². The first kappa shape index (κ1) is 32.3. The van der Waals surface area contributed by atoms with E-state index in [1.165, 1.54) is 36.9 Å². The molecule has 0 aliphatic carbocycles. The number of hydrogen-bond donors (Lipinski definition) is 6. The minimum atomic E-state index is -0.398. The van der Waals surface area contributed by atoms with E-state index in [0.717, 1.165) is 44.1 Å². The number of fused-ring (bicyclic) bond motifs is 2. The number of carbonyl (C=O) groups is 3. The van der Waals surface area contributed by atoms with Crippen molar-refractivity contribution in [1.29, 1.82) is 0 Å². The lowest BCUT2D eigenvalue weighted by Gasteiger charge is -2.33. The van der Waals surface area contributed by atoms with Crippen LogP contribution in [0.15, 0.2) is 42.0 Å². The van der Waals surface area contributed by atoms with Gasteiger partial charge in [-0.2, -0.15) is 0 Å². The van der Waals surface area contributed by atoms with Crippen LogP contribution in [0.1, 0.15) is 90.4 Å².